The van der Waals surface area contributed by atoms with Crippen LogP contribution < -0.4 is 4.74 Å². The number of furan rings is 1. The quantitative estimate of drug-likeness (QED) is 0.304. The zero-order chi connectivity index (χ0) is 18.0. The van der Waals surface area contributed by atoms with Gasteiger partial charge in [-0.25, -0.2) is 13.6 Å². The van der Waals surface area contributed by atoms with E-state index in [0.717, 1.165) is 18.2 Å². The molecule has 1 heterocycles. The molecule has 25 heavy (non-hydrogen) atoms. The SMILES string of the molecule is O=C(Oc1cc(F)ccc1[N+](=O)[O-])c1ccc(-c2ccccc2F)o1. The molecule has 0 bridgehead atoms. The van der Waals surface area contributed by atoms with Gasteiger partial charge in [0.15, 0.2) is 0 Å². The van der Waals surface area contributed by atoms with Crippen LogP contribution in [0.3, 0.4) is 0 Å². The molecule has 0 N–H and O–H groups in total. The van der Waals surface area contributed by atoms with Gasteiger partial charge >= 0.3 is 11.7 Å². The van der Waals surface area contributed by atoms with Gasteiger partial charge in [-0.05, 0) is 30.3 Å². The standard InChI is InChI=1S/C17H9F2NO5/c18-10-5-6-13(20(22)23)16(9-10)25-17(21)15-8-7-14(24-15)11-3-1-2-4-12(11)19/h1-9H. The summed E-state index contributed by atoms with van der Waals surface area (Å²) >= 11 is 0. The highest BCUT2D eigenvalue weighted by Crippen LogP contribution is 2.29. The Kier molecular flexibility index (Phi) is 4.25. The van der Waals surface area contributed by atoms with Crippen molar-refractivity contribution in [3.05, 3.63) is 82.1 Å². The maximum absolute atomic E-state index is 13.7. The summed E-state index contributed by atoms with van der Waals surface area (Å²) in [6, 6.07) is 10.8. The molecule has 0 atom stereocenters. The molecule has 0 aliphatic heterocycles. The zero-order valence-electron chi connectivity index (χ0n) is 12.4. The number of nitro benzene ring substituents is 1. The lowest BCUT2D eigenvalue weighted by atomic mass is 10.1. The second kappa shape index (κ2) is 6.52. The van der Waals surface area contributed by atoms with E-state index in [2.05, 4.69) is 0 Å². The Morgan fingerprint density at radius 2 is 1.84 bits per heavy atom. The molecule has 0 fully saturated rings. The first-order valence-electron chi connectivity index (χ1n) is 6.96. The van der Waals surface area contributed by atoms with Crippen LogP contribution in [-0.2, 0) is 0 Å². The number of nitro groups is 1. The van der Waals surface area contributed by atoms with Crippen molar-refractivity contribution in [1.82, 2.24) is 0 Å². The molecule has 6 nitrogen and oxygen atoms in total. The predicted octanol–water partition coefficient (Wildman–Crippen LogP) is 4.35. The van der Waals surface area contributed by atoms with Gasteiger partial charge in [0, 0.05) is 12.1 Å². The Hall–Kier alpha value is -3.55. The number of esters is 1. The Morgan fingerprint density at radius 1 is 1.08 bits per heavy atom. The van der Waals surface area contributed by atoms with E-state index in [4.69, 9.17) is 9.15 Å². The number of carbonyl (C=O) groups is 1. The van der Waals surface area contributed by atoms with Gasteiger partial charge in [-0.3, -0.25) is 10.1 Å². The van der Waals surface area contributed by atoms with E-state index in [1.54, 1.807) is 6.07 Å². The molecule has 0 saturated heterocycles. The lowest BCUT2D eigenvalue weighted by Gasteiger charge is -2.03. The minimum absolute atomic E-state index is 0.0822. The summed E-state index contributed by atoms with van der Waals surface area (Å²) in [4.78, 5) is 22.2. The fourth-order valence-electron chi connectivity index (χ4n) is 2.12. The van der Waals surface area contributed by atoms with Crippen molar-refractivity contribution in [3.8, 4) is 17.1 Å². The van der Waals surface area contributed by atoms with Gasteiger partial charge in [0.25, 0.3) is 0 Å². The summed E-state index contributed by atoms with van der Waals surface area (Å²) in [5.74, 6) is -3.21. The first kappa shape index (κ1) is 16.3. The number of benzene rings is 2. The molecule has 0 saturated carbocycles. The van der Waals surface area contributed by atoms with E-state index >= 15 is 0 Å². The van der Waals surface area contributed by atoms with Gasteiger partial charge in [0.05, 0.1) is 10.5 Å². The predicted molar refractivity (Wildman–Crippen MR) is 82.1 cm³/mol. The van der Waals surface area contributed by atoms with E-state index in [0.29, 0.717) is 0 Å². The smallest absolute Gasteiger partial charge is 0.379 e. The highest BCUT2D eigenvalue weighted by atomic mass is 19.1. The molecular formula is C17H9F2NO5. The number of ether oxygens (including phenoxy) is 1. The lowest BCUT2D eigenvalue weighted by molar-refractivity contribution is -0.385. The van der Waals surface area contributed by atoms with E-state index in [9.17, 15) is 23.7 Å². The number of hydrogen-bond donors (Lipinski definition) is 0. The summed E-state index contributed by atoms with van der Waals surface area (Å²) in [7, 11) is 0. The van der Waals surface area contributed by atoms with Gasteiger partial charge < -0.3 is 9.15 Å². The second-order valence-corrected chi connectivity index (χ2v) is 4.90. The van der Waals surface area contributed by atoms with Gasteiger partial charge in [-0.2, -0.15) is 0 Å². The van der Waals surface area contributed by atoms with E-state index in [1.807, 2.05) is 0 Å². The molecular weight excluding hydrogens is 336 g/mol. The molecule has 3 rings (SSSR count). The molecule has 0 radical (unpaired) electrons. The molecule has 8 heteroatoms. The van der Waals surface area contributed by atoms with Crippen LogP contribution >= 0.6 is 0 Å². The summed E-state index contributed by atoms with van der Waals surface area (Å²) in [6.07, 6.45) is 0. The molecule has 3 aromatic rings. The Bertz CT molecular complexity index is 967. The largest absolute Gasteiger partial charge is 0.449 e. The van der Waals surface area contributed by atoms with E-state index in [1.165, 1.54) is 30.3 Å². The van der Waals surface area contributed by atoms with Crippen LogP contribution in [0.4, 0.5) is 14.5 Å². The maximum atomic E-state index is 13.7. The van der Waals surface area contributed by atoms with Crippen molar-refractivity contribution >= 4 is 11.7 Å². The number of halogens is 2. The third kappa shape index (κ3) is 3.37. The zero-order valence-corrected chi connectivity index (χ0v) is 12.4. The first-order valence-corrected chi connectivity index (χ1v) is 6.96. The lowest BCUT2D eigenvalue weighted by Crippen LogP contribution is -2.09. The summed E-state index contributed by atoms with van der Waals surface area (Å²) in [6.45, 7) is 0. The molecule has 0 aliphatic carbocycles. The van der Waals surface area contributed by atoms with Crippen molar-refractivity contribution in [2.45, 2.75) is 0 Å². The van der Waals surface area contributed by atoms with E-state index < -0.39 is 34.0 Å². The maximum Gasteiger partial charge on any atom is 0.379 e. The average molecular weight is 345 g/mol. The first-order chi connectivity index (χ1) is 12.0. The Morgan fingerprint density at radius 3 is 2.56 bits per heavy atom. The molecule has 1 aromatic heterocycles. The van der Waals surface area contributed by atoms with Crippen molar-refractivity contribution in [1.29, 1.82) is 0 Å². The summed E-state index contributed by atoms with van der Waals surface area (Å²) < 4.78 is 37.1. The molecule has 126 valence electrons. The third-order valence-electron chi connectivity index (χ3n) is 3.27. The fourth-order valence-corrected chi connectivity index (χ4v) is 2.12. The molecule has 0 spiro atoms. The van der Waals surface area contributed by atoms with E-state index in [-0.39, 0.29) is 17.1 Å². The number of hydrogen-bond acceptors (Lipinski definition) is 5. The molecule has 0 amide bonds. The number of rotatable bonds is 4. The third-order valence-corrected chi connectivity index (χ3v) is 3.27. The molecule has 0 unspecified atom stereocenters. The minimum Gasteiger partial charge on any atom is -0.449 e. The van der Waals surface area contributed by atoms with Gasteiger partial charge in [-0.15, -0.1) is 0 Å². The summed E-state index contributed by atoms with van der Waals surface area (Å²) in [5, 5.41) is 10.9. The molecule has 0 aliphatic rings. The van der Waals surface area contributed by atoms with Gasteiger partial charge in [0.2, 0.25) is 11.5 Å². The Balaban J connectivity index is 1.87. The number of nitrogens with zero attached hydrogens (tertiary/aromatic N) is 1. The monoisotopic (exact) mass is 345 g/mol. The van der Waals surface area contributed by atoms with Crippen LogP contribution in [0.25, 0.3) is 11.3 Å². The van der Waals surface area contributed by atoms with Crippen LogP contribution in [-0.4, -0.2) is 10.9 Å². The Labute approximate surface area is 139 Å². The van der Waals surface area contributed by atoms with Gasteiger partial charge in [0.1, 0.15) is 17.4 Å². The summed E-state index contributed by atoms with van der Waals surface area (Å²) in [5.41, 5.74) is -0.436. The molecule has 2 aromatic carbocycles. The van der Waals surface area contributed by atoms with Crippen molar-refractivity contribution in [2.75, 3.05) is 0 Å². The topological polar surface area (TPSA) is 82.6 Å². The highest BCUT2D eigenvalue weighted by Gasteiger charge is 2.22. The van der Waals surface area contributed by atoms with Crippen LogP contribution in [0.2, 0.25) is 0 Å². The van der Waals surface area contributed by atoms with Crippen LogP contribution in [0.15, 0.2) is 59.0 Å². The van der Waals surface area contributed by atoms with Crippen molar-refractivity contribution < 1.29 is 27.7 Å². The van der Waals surface area contributed by atoms with Gasteiger partial charge in [-0.1, -0.05) is 12.1 Å². The second-order valence-electron chi connectivity index (χ2n) is 4.90. The normalized spacial score (nSPS) is 10.5. The minimum atomic E-state index is -1.07. The van der Waals surface area contributed by atoms with Crippen molar-refractivity contribution in [3.63, 3.8) is 0 Å². The van der Waals surface area contributed by atoms with Crippen LogP contribution in [0.5, 0.6) is 5.75 Å². The highest BCUT2D eigenvalue weighted by molar-refractivity contribution is 5.89. The number of carbonyl (C=O) groups excluding carboxylic acids is 1. The van der Waals surface area contributed by atoms with Crippen LogP contribution in [0.1, 0.15) is 10.6 Å². The fraction of sp³-hybridized carbons (Fsp3) is 0. The van der Waals surface area contributed by atoms with Crippen molar-refractivity contribution in [2.24, 2.45) is 0 Å². The average Bonchev–Trinajstić information content (AvgIpc) is 3.05. The van der Waals surface area contributed by atoms with Crippen LogP contribution in [0, 0.1) is 21.7 Å².